The van der Waals surface area contributed by atoms with E-state index in [-0.39, 0.29) is 6.03 Å². The first-order valence-electron chi connectivity index (χ1n) is 6.34. The number of ether oxygens (including phenoxy) is 1. The van der Waals surface area contributed by atoms with E-state index in [0.29, 0.717) is 6.54 Å². The quantitative estimate of drug-likeness (QED) is 0.764. The number of hydrogen-bond acceptors (Lipinski definition) is 3. The SMILES string of the molecule is COc1ccc(C)cc1CNCCNC(=O)N(C)C. The van der Waals surface area contributed by atoms with Crippen molar-refractivity contribution in [2.75, 3.05) is 34.3 Å². The van der Waals surface area contributed by atoms with Crippen LogP contribution in [0.2, 0.25) is 0 Å². The number of methoxy groups -OCH3 is 1. The van der Waals surface area contributed by atoms with Crippen LogP contribution in [0.1, 0.15) is 11.1 Å². The standard InChI is InChI=1S/C14H23N3O2/c1-11-5-6-13(19-4)12(9-11)10-15-7-8-16-14(18)17(2)3/h5-6,9,15H,7-8,10H2,1-4H3,(H,16,18). The van der Waals surface area contributed by atoms with Crippen molar-refractivity contribution in [3.63, 3.8) is 0 Å². The number of hydrogen-bond donors (Lipinski definition) is 2. The lowest BCUT2D eigenvalue weighted by atomic mass is 10.1. The van der Waals surface area contributed by atoms with Gasteiger partial charge in [-0.05, 0) is 13.0 Å². The third kappa shape index (κ3) is 5.18. The van der Waals surface area contributed by atoms with Crippen LogP contribution in [0.25, 0.3) is 0 Å². The summed E-state index contributed by atoms with van der Waals surface area (Å²) in [6.07, 6.45) is 0. The van der Waals surface area contributed by atoms with E-state index >= 15 is 0 Å². The van der Waals surface area contributed by atoms with Gasteiger partial charge in [-0.1, -0.05) is 17.7 Å². The molecule has 5 nitrogen and oxygen atoms in total. The van der Waals surface area contributed by atoms with Crippen LogP contribution in [0.5, 0.6) is 5.75 Å². The normalized spacial score (nSPS) is 10.1. The second-order valence-corrected chi connectivity index (χ2v) is 4.62. The Morgan fingerprint density at radius 2 is 2.05 bits per heavy atom. The molecule has 0 aliphatic heterocycles. The van der Waals surface area contributed by atoms with Gasteiger partial charge in [0.05, 0.1) is 7.11 Å². The van der Waals surface area contributed by atoms with Gasteiger partial charge < -0.3 is 20.3 Å². The summed E-state index contributed by atoms with van der Waals surface area (Å²) in [5, 5.41) is 6.09. The Balaban J connectivity index is 2.33. The zero-order valence-electron chi connectivity index (χ0n) is 12.1. The predicted molar refractivity (Wildman–Crippen MR) is 76.5 cm³/mol. The summed E-state index contributed by atoms with van der Waals surface area (Å²) in [4.78, 5) is 12.8. The number of benzene rings is 1. The van der Waals surface area contributed by atoms with Crippen LogP contribution in [-0.4, -0.2) is 45.2 Å². The lowest BCUT2D eigenvalue weighted by molar-refractivity contribution is 0.217. The monoisotopic (exact) mass is 265 g/mol. The second kappa shape index (κ2) is 7.63. The number of rotatable bonds is 6. The van der Waals surface area contributed by atoms with E-state index in [1.54, 1.807) is 21.2 Å². The summed E-state index contributed by atoms with van der Waals surface area (Å²) >= 11 is 0. The van der Waals surface area contributed by atoms with Gasteiger partial charge in [-0.25, -0.2) is 4.79 Å². The van der Waals surface area contributed by atoms with Gasteiger partial charge in [0.25, 0.3) is 0 Å². The number of carbonyl (C=O) groups is 1. The van der Waals surface area contributed by atoms with Gasteiger partial charge in [0, 0.05) is 39.3 Å². The van der Waals surface area contributed by atoms with E-state index in [0.717, 1.165) is 24.4 Å². The van der Waals surface area contributed by atoms with Gasteiger partial charge in [-0.2, -0.15) is 0 Å². The van der Waals surface area contributed by atoms with Crippen LogP contribution in [0.3, 0.4) is 0 Å². The third-order valence-electron chi connectivity index (χ3n) is 2.74. The van der Waals surface area contributed by atoms with E-state index in [1.807, 2.05) is 12.1 Å². The molecule has 0 fully saturated rings. The van der Waals surface area contributed by atoms with Crippen LogP contribution in [-0.2, 0) is 6.54 Å². The predicted octanol–water partition coefficient (Wildman–Crippen LogP) is 1.36. The molecule has 0 bridgehead atoms. The lowest BCUT2D eigenvalue weighted by Crippen LogP contribution is -2.38. The summed E-state index contributed by atoms with van der Waals surface area (Å²) in [5.74, 6) is 0.885. The molecule has 5 heteroatoms. The number of aryl methyl sites for hydroxylation is 1. The maximum absolute atomic E-state index is 11.3. The van der Waals surface area contributed by atoms with Crippen molar-refractivity contribution in [3.05, 3.63) is 29.3 Å². The first-order chi connectivity index (χ1) is 9.04. The summed E-state index contributed by atoms with van der Waals surface area (Å²) in [7, 11) is 5.12. The maximum atomic E-state index is 11.3. The molecule has 0 aliphatic rings. The van der Waals surface area contributed by atoms with Crippen molar-refractivity contribution < 1.29 is 9.53 Å². The van der Waals surface area contributed by atoms with Crippen LogP contribution in [0, 0.1) is 6.92 Å². The second-order valence-electron chi connectivity index (χ2n) is 4.62. The molecule has 106 valence electrons. The van der Waals surface area contributed by atoms with Crippen molar-refractivity contribution in [2.24, 2.45) is 0 Å². The maximum Gasteiger partial charge on any atom is 0.316 e. The molecule has 19 heavy (non-hydrogen) atoms. The van der Waals surface area contributed by atoms with Crippen molar-refractivity contribution in [1.82, 2.24) is 15.5 Å². The highest BCUT2D eigenvalue weighted by Gasteiger charge is 2.03. The minimum absolute atomic E-state index is 0.0741. The molecule has 1 aromatic rings. The van der Waals surface area contributed by atoms with Crippen molar-refractivity contribution in [2.45, 2.75) is 13.5 Å². The molecule has 0 atom stereocenters. The third-order valence-corrected chi connectivity index (χ3v) is 2.74. The van der Waals surface area contributed by atoms with Crippen LogP contribution in [0.15, 0.2) is 18.2 Å². The molecule has 0 aromatic heterocycles. The van der Waals surface area contributed by atoms with Gasteiger partial charge >= 0.3 is 6.03 Å². The zero-order chi connectivity index (χ0) is 14.3. The summed E-state index contributed by atoms with van der Waals surface area (Å²) in [6, 6.07) is 6.03. The highest BCUT2D eigenvalue weighted by Crippen LogP contribution is 2.19. The molecule has 0 aliphatic carbocycles. The number of amides is 2. The summed E-state index contributed by atoms with van der Waals surface area (Å²) in [6.45, 7) is 4.10. The molecule has 0 unspecified atom stereocenters. The van der Waals surface area contributed by atoms with Gasteiger partial charge in [0.2, 0.25) is 0 Å². The molecule has 2 N–H and O–H groups in total. The van der Waals surface area contributed by atoms with E-state index < -0.39 is 0 Å². The Bertz CT molecular complexity index is 419. The number of carbonyl (C=O) groups excluding carboxylic acids is 1. The van der Waals surface area contributed by atoms with E-state index in [9.17, 15) is 4.79 Å². The minimum atomic E-state index is -0.0741. The molecule has 0 saturated heterocycles. The van der Waals surface area contributed by atoms with Crippen LogP contribution < -0.4 is 15.4 Å². The topological polar surface area (TPSA) is 53.6 Å². The first-order valence-corrected chi connectivity index (χ1v) is 6.34. The zero-order valence-corrected chi connectivity index (χ0v) is 12.1. The van der Waals surface area contributed by atoms with Gasteiger partial charge in [-0.15, -0.1) is 0 Å². The first kappa shape index (κ1) is 15.3. The Morgan fingerprint density at radius 3 is 2.68 bits per heavy atom. The minimum Gasteiger partial charge on any atom is -0.496 e. The Hall–Kier alpha value is -1.75. The van der Waals surface area contributed by atoms with Gasteiger partial charge in [0.15, 0.2) is 0 Å². The number of nitrogens with one attached hydrogen (secondary N) is 2. The Morgan fingerprint density at radius 1 is 1.32 bits per heavy atom. The van der Waals surface area contributed by atoms with Crippen molar-refractivity contribution >= 4 is 6.03 Å². The molecule has 0 spiro atoms. The lowest BCUT2D eigenvalue weighted by Gasteiger charge is -2.13. The number of urea groups is 1. The van der Waals surface area contributed by atoms with E-state index in [1.165, 1.54) is 10.5 Å². The fraction of sp³-hybridized carbons (Fsp3) is 0.500. The fourth-order valence-corrected chi connectivity index (χ4v) is 1.68. The van der Waals surface area contributed by atoms with Crippen molar-refractivity contribution in [3.8, 4) is 5.75 Å². The molecular weight excluding hydrogens is 242 g/mol. The van der Waals surface area contributed by atoms with E-state index in [2.05, 4.69) is 23.6 Å². The van der Waals surface area contributed by atoms with Gasteiger partial charge in [0.1, 0.15) is 5.75 Å². The molecule has 0 heterocycles. The molecule has 2 amide bonds. The van der Waals surface area contributed by atoms with E-state index in [4.69, 9.17) is 4.74 Å². The average Bonchev–Trinajstić information content (AvgIpc) is 2.38. The summed E-state index contributed by atoms with van der Waals surface area (Å²) in [5.41, 5.74) is 2.33. The molecule has 1 aromatic carbocycles. The smallest absolute Gasteiger partial charge is 0.316 e. The Kier molecular flexibility index (Phi) is 6.15. The largest absolute Gasteiger partial charge is 0.496 e. The van der Waals surface area contributed by atoms with Crippen LogP contribution in [0.4, 0.5) is 4.79 Å². The molecule has 0 radical (unpaired) electrons. The average molecular weight is 265 g/mol. The molecule has 0 saturated carbocycles. The highest BCUT2D eigenvalue weighted by atomic mass is 16.5. The van der Waals surface area contributed by atoms with Crippen molar-refractivity contribution in [1.29, 1.82) is 0 Å². The highest BCUT2D eigenvalue weighted by molar-refractivity contribution is 5.73. The fourth-order valence-electron chi connectivity index (χ4n) is 1.68. The van der Waals surface area contributed by atoms with Gasteiger partial charge in [-0.3, -0.25) is 0 Å². The number of nitrogens with zero attached hydrogens (tertiary/aromatic N) is 1. The summed E-state index contributed by atoms with van der Waals surface area (Å²) < 4.78 is 5.31. The Labute approximate surface area is 114 Å². The molecular formula is C14H23N3O2. The van der Waals surface area contributed by atoms with Crippen LogP contribution >= 0.6 is 0 Å². The molecule has 1 rings (SSSR count).